The molecular weight excluding hydrogens is 689 g/mol. The Morgan fingerprint density at radius 3 is 1.81 bits per heavy atom. The first-order valence-corrected chi connectivity index (χ1v) is 19.8. The Morgan fingerprint density at radius 1 is 0.351 bits per heavy atom. The van der Waals surface area contributed by atoms with Crippen LogP contribution in [0.4, 0.5) is 17.1 Å². The first-order valence-electron chi connectivity index (χ1n) is 19.8. The zero-order chi connectivity index (χ0) is 37.5. The van der Waals surface area contributed by atoms with Crippen molar-refractivity contribution in [3.8, 4) is 39.1 Å². The van der Waals surface area contributed by atoms with E-state index in [-0.39, 0.29) is 0 Å². The van der Waals surface area contributed by atoms with Gasteiger partial charge in [-0.15, -0.1) is 0 Å². The maximum atomic E-state index is 2.51. The lowest BCUT2D eigenvalue weighted by atomic mass is 9.65. The van der Waals surface area contributed by atoms with Crippen LogP contribution in [0.15, 0.2) is 218 Å². The standard InChI is InChI=1S/C55H36N2/c1-3-17-37(18-4-1)39-21-15-22-40(35-39)56(51-30-12-8-23-42(51)38-19-5-2-6-20-38)41-33-34-48-46(36-41)43-24-7-10-27-47(43)55(48)49-28-11-14-32-53(49)57-52-31-13-9-25-44(52)45-26-16-29-50(55)54(45)57/h1-36H. The minimum atomic E-state index is -0.495. The molecule has 57 heavy (non-hydrogen) atoms. The van der Waals surface area contributed by atoms with Crippen molar-refractivity contribution in [3.05, 3.63) is 241 Å². The molecule has 1 aliphatic heterocycles. The van der Waals surface area contributed by atoms with E-state index in [2.05, 4.69) is 228 Å². The summed E-state index contributed by atoms with van der Waals surface area (Å²) in [5.74, 6) is 0. The molecule has 2 aliphatic rings. The molecule has 0 saturated carbocycles. The second-order valence-electron chi connectivity index (χ2n) is 15.2. The molecule has 266 valence electrons. The minimum Gasteiger partial charge on any atom is -0.310 e. The van der Waals surface area contributed by atoms with E-state index < -0.39 is 5.41 Å². The van der Waals surface area contributed by atoms with Crippen molar-refractivity contribution < 1.29 is 0 Å². The number of anilines is 3. The fraction of sp³-hybridized carbons (Fsp3) is 0.0182. The highest BCUT2D eigenvalue weighted by Crippen LogP contribution is 2.61. The van der Waals surface area contributed by atoms with E-state index in [1.54, 1.807) is 0 Å². The van der Waals surface area contributed by atoms with Gasteiger partial charge in [0.2, 0.25) is 0 Å². The van der Waals surface area contributed by atoms with Gasteiger partial charge in [0.25, 0.3) is 0 Å². The molecule has 0 amide bonds. The lowest BCUT2D eigenvalue weighted by Crippen LogP contribution is -2.33. The second-order valence-corrected chi connectivity index (χ2v) is 15.2. The third kappa shape index (κ3) is 4.47. The first kappa shape index (κ1) is 31.9. The van der Waals surface area contributed by atoms with Gasteiger partial charge in [-0.1, -0.05) is 176 Å². The van der Waals surface area contributed by atoms with E-state index in [1.165, 1.54) is 83.1 Å². The van der Waals surface area contributed by atoms with Gasteiger partial charge in [0.05, 0.1) is 27.8 Å². The van der Waals surface area contributed by atoms with Crippen LogP contribution < -0.4 is 4.90 Å². The molecule has 1 atom stereocenters. The second kappa shape index (κ2) is 12.3. The highest BCUT2D eigenvalue weighted by molar-refractivity contribution is 6.13. The molecule has 2 heterocycles. The smallest absolute Gasteiger partial charge is 0.0754 e. The first-order chi connectivity index (χ1) is 28.3. The number of hydrogen-bond donors (Lipinski definition) is 0. The Morgan fingerprint density at radius 2 is 0.947 bits per heavy atom. The Labute approximate surface area is 332 Å². The van der Waals surface area contributed by atoms with Gasteiger partial charge in [0, 0.05) is 27.7 Å². The van der Waals surface area contributed by atoms with Gasteiger partial charge in [-0.05, 0) is 92.5 Å². The summed E-state index contributed by atoms with van der Waals surface area (Å²) in [6.45, 7) is 0. The summed E-state index contributed by atoms with van der Waals surface area (Å²) in [6.07, 6.45) is 0. The van der Waals surface area contributed by atoms with Gasteiger partial charge >= 0.3 is 0 Å². The molecule has 2 nitrogen and oxygen atoms in total. The monoisotopic (exact) mass is 724 g/mol. The van der Waals surface area contributed by atoms with Crippen molar-refractivity contribution >= 4 is 38.9 Å². The van der Waals surface area contributed by atoms with Crippen molar-refractivity contribution in [1.82, 2.24) is 4.57 Å². The van der Waals surface area contributed by atoms with Crippen LogP contribution in [0.3, 0.4) is 0 Å². The van der Waals surface area contributed by atoms with E-state index >= 15 is 0 Å². The number of hydrogen-bond acceptors (Lipinski definition) is 1. The fourth-order valence-electron chi connectivity index (χ4n) is 10.1. The van der Waals surface area contributed by atoms with Crippen LogP contribution in [-0.2, 0) is 5.41 Å². The molecular formula is C55H36N2. The predicted octanol–water partition coefficient (Wildman–Crippen LogP) is 14.3. The van der Waals surface area contributed by atoms with Crippen LogP contribution in [0.2, 0.25) is 0 Å². The van der Waals surface area contributed by atoms with Crippen LogP contribution >= 0.6 is 0 Å². The molecule has 12 rings (SSSR count). The maximum Gasteiger partial charge on any atom is 0.0754 e. The molecule has 0 bridgehead atoms. The molecule has 10 aromatic rings. The van der Waals surface area contributed by atoms with Crippen molar-refractivity contribution in [2.75, 3.05) is 4.90 Å². The third-order valence-corrected chi connectivity index (χ3v) is 12.4. The Kier molecular flexibility index (Phi) is 6.88. The lowest BCUT2D eigenvalue weighted by molar-refractivity contribution is 0.748. The van der Waals surface area contributed by atoms with E-state index in [1.807, 2.05) is 0 Å². The Hall–Kier alpha value is -7.42. The molecule has 2 heteroatoms. The van der Waals surface area contributed by atoms with Crippen LogP contribution in [0, 0.1) is 0 Å². The SMILES string of the molecule is c1ccc(-c2cccc(N(c3ccc4c(c3)-c3ccccc3C43c4ccccc4-n4c5ccccc5c5cccc3c54)c3ccccc3-c3ccccc3)c2)cc1. The molecule has 1 spiro atoms. The molecule has 9 aromatic carbocycles. The highest BCUT2D eigenvalue weighted by Gasteiger charge is 2.50. The van der Waals surface area contributed by atoms with E-state index in [0.717, 1.165) is 17.1 Å². The quantitative estimate of drug-likeness (QED) is 0.172. The molecule has 0 N–H and O–H groups in total. The molecule has 1 aromatic heterocycles. The number of benzene rings is 9. The zero-order valence-corrected chi connectivity index (χ0v) is 31.2. The van der Waals surface area contributed by atoms with Gasteiger partial charge in [0.1, 0.15) is 0 Å². The largest absolute Gasteiger partial charge is 0.310 e. The molecule has 1 unspecified atom stereocenters. The van der Waals surface area contributed by atoms with Crippen LogP contribution in [0.25, 0.3) is 60.9 Å². The Bertz CT molecular complexity index is 3190. The number of nitrogens with zero attached hydrogens (tertiary/aromatic N) is 2. The average molecular weight is 725 g/mol. The van der Waals surface area contributed by atoms with Gasteiger partial charge in [0.15, 0.2) is 0 Å². The molecule has 1 aliphatic carbocycles. The highest BCUT2D eigenvalue weighted by atomic mass is 15.1. The fourth-order valence-corrected chi connectivity index (χ4v) is 10.1. The van der Waals surface area contributed by atoms with E-state index in [0.29, 0.717) is 0 Å². The minimum absolute atomic E-state index is 0.495. The number of aromatic nitrogens is 1. The van der Waals surface area contributed by atoms with Crippen molar-refractivity contribution in [3.63, 3.8) is 0 Å². The van der Waals surface area contributed by atoms with Crippen molar-refractivity contribution in [1.29, 1.82) is 0 Å². The van der Waals surface area contributed by atoms with E-state index in [9.17, 15) is 0 Å². The third-order valence-electron chi connectivity index (χ3n) is 12.4. The van der Waals surface area contributed by atoms with Crippen molar-refractivity contribution in [2.45, 2.75) is 5.41 Å². The van der Waals surface area contributed by atoms with Crippen LogP contribution in [0.1, 0.15) is 22.3 Å². The predicted molar refractivity (Wildman–Crippen MR) is 237 cm³/mol. The molecule has 0 fully saturated rings. The van der Waals surface area contributed by atoms with E-state index in [4.69, 9.17) is 0 Å². The maximum absolute atomic E-state index is 2.51. The zero-order valence-electron chi connectivity index (χ0n) is 31.2. The normalized spacial score (nSPS) is 14.7. The summed E-state index contributed by atoms with van der Waals surface area (Å²) < 4.78 is 2.51. The van der Waals surface area contributed by atoms with Gasteiger partial charge in [-0.2, -0.15) is 0 Å². The van der Waals surface area contributed by atoms with Crippen LogP contribution in [-0.4, -0.2) is 4.57 Å². The van der Waals surface area contributed by atoms with Gasteiger partial charge in [-0.3, -0.25) is 0 Å². The Balaban J connectivity index is 1.14. The number of para-hydroxylation sites is 4. The molecule has 0 radical (unpaired) electrons. The number of fused-ring (bicyclic) bond motifs is 12. The summed E-state index contributed by atoms with van der Waals surface area (Å²) >= 11 is 0. The summed E-state index contributed by atoms with van der Waals surface area (Å²) in [5.41, 5.74) is 19.2. The van der Waals surface area contributed by atoms with Crippen LogP contribution in [0.5, 0.6) is 0 Å². The number of rotatable bonds is 5. The van der Waals surface area contributed by atoms with Crippen molar-refractivity contribution in [2.24, 2.45) is 0 Å². The average Bonchev–Trinajstić information content (AvgIpc) is 3.78. The lowest BCUT2D eigenvalue weighted by Gasteiger charge is -2.39. The topological polar surface area (TPSA) is 8.17 Å². The van der Waals surface area contributed by atoms with Gasteiger partial charge in [-0.25, -0.2) is 0 Å². The van der Waals surface area contributed by atoms with Gasteiger partial charge < -0.3 is 9.47 Å². The summed E-state index contributed by atoms with van der Waals surface area (Å²) in [4.78, 5) is 2.45. The summed E-state index contributed by atoms with van der Waals surface area (Å²) in [5, 5.41) is 2.58. The summed E-state index contributed by atoms with van der Waals surface area (Å²) in [7, 11) is 0. The molecule has 0 saturated heterocycles. The summed E-state index contributed by atoms with van der Waals surface area (Å²) in [6, 6.07) is 80.5.